The number of nitrogens with zero attached hydrogens (tertiary/aromatic N) is 4. The van der Waals surface area contributed by atoms with Crippen molar-refractivity contribution in [2.45, 2.75) is 19.9 Å². The SMILES string of the molecule is Cc1nccn1CCCN(C)c1ccnc2ccc(Br)cc12. The van der Waals surface area contributed by atoms with Gasteiger partial charge < -0.3 is 9.47 Å². The van der Waals surface area contributed by atoms with E-state index in [4.69, 9.17) is 0 Å². The molecule has 3 rings (SSSR count). The van der Waals surface area contributed by atoms with Crippen LogP contribution in [-0.2, 0) is 6.54 Å². The van der Waals surface area contributed by atoms with Crippen LogP contribution >= 0.6 is 15.9 Å². The van der Waals surface area contributed by atoms with Gasteiger partial charge in [-0.15, -0.1) is 0 Å². The van der Waals surface area contributed by atoms with Crippen LogP contribution < -0.4 is 4.90 Å². The summed E-state index contributed by atoms with van der Waals surface area (Å²) >= 11 is 3.55. The Morgan fingerprint density at radius 1 is 1.18 bits per heavy atom. The Labute approximate surface area is 138 Å². The van der Waals surface area contributed by atoms with Gasteiger partial charge in [0, 0.05) is 54.3 Å². The summed E-state index contributed by atoms with van der Waals surface area (Å²) in [4.78, 5) is 11.0. The first-order valence-electron chi connectivity index (χ1n) is 7.38. The number of hydrogen-bond acceptors (Lipinski definition) is 3. The van der Waals surface area contributed by atoms with Crippen molar-refractivity contribution in [2.24, 2.45) is 0 Å². The molecule has 0 saturated heterocycles. The second-order valence-corrected chi connectivity index (χ2v) is 6.35. The molecule has 0 aliphatic rings. The Kier molecular flexibility index (Phi) is 4.43. The molecule has 22 heavy (non-hydrogen) atoms. The lowest BCUT2D eigenvalue weighted by Crippen LogP contribution is -2.20. The molecule has 0 spiro atoms. The van der Waals surface area contributed by atoms with E-state index in [1.165, 1.54) is 11.1 Å². The van der Waals surface area contributed by atoms with Crippen LogP contribution in [0.1, 0.15) is 12.2 Å². The van der Waals surface area contributed by atoms with E-state index >= 15 is 0 Å². The molecule has 0 saturated carbocycles. The predicted molar refractivity (Wildman–Crippen MR) is 94.3 cm³/mol. The molecule has 0 fully saturated rings. The fourth-order valence-corrected chi connectivity index (χ4v) is 3.04. The highest BCUT2D eigenvalue weighted by Crippen LogP contribution is 2.27. The summed E-state index contributed by atoms with van der Waals surface area (Å²) in [5, 5.41) is 1.18. The normalized spacial score (nSPS) is 11.0. The van der Waals surface area contributed by atoms with Gasteiger partial charge in [0.05, 0.1) is 5.52 Å². The third kappa shape index (κ3) is 3.14. The summed E-state index contributed by atoms with van der Waals surface area (Å²) < 4.78 is 3.27. The first-order chi connectivity index (χ1) is 10.6. The molecule has 0 unspecified atom stereocenters. The minimum Gasteiger partial charge on any atom is -0.374 e. The van der Waals surface area contributed by atoms with Gasteiger partial charge in [-0.25, -0.2) is 4.98 Å². The number of benzene rings is 1. The van der Waals surface area contributed by atoms with E-state index in [-0.39, 0.29) is 0 Å². The lowest BCUT2D eigenvalue weighted by molar-refractivity contribution is 0.623. The minimum absolute atomic E-state index is 0.989. The number of hydrogen-bond donors (Lipinski definition) is 0. The molecule has 0 amide bonds. The van der Waals surface area contributed by atoms with Gasteiger partial charge in [0.25, 0.3) is 0 Å². The molecule has 5 heteroatoms. The van der Waals surface area contributed by atoms with Crippen LogP contribution in [0.5, 0.6) is 0 Å². The Balaban J connectivity index is 1.73. The van der Waals surface area contributed by atoms with Gasteiger partial charge in [-0.1, -0.05) is 15.9 Å². The third-order valence-corrected chi connectivity index (χ3v) is 4.40. The fourth-order valence-electron chi connectivity index (χ4n) is 2.68. The zero-order valence-corrected chi connectivity index (χ0v) is 14.4. The van der Waals surface area contributed by atoms with Crippen LogP contribution in [0.2, 0.25) is 0 Å². The van der Waals surface area contributed by atoms with Crippen molar-refractivity contribution in [2.75, 3.05) is 18.5 Å². The lowest BCUT2D eigenvalue weighted by Gasteiger charge is -2.21. The number of aryl methyl sites for hydroxylation is 2. The molecule has 0 bridgehead atoms. The molecule has 3 aromatic rings. The first kappa shape index (κ1) is 15.0. The maximum Gasteiger partial charge on any atom is 0.105 e. The number of rotatable bonds is 5. The Bertz CT molecular complexity index is 781. The Morgan fingerprint density at radius 2 is 2.05 bits per heavy atom. The van der Waals surface area contributed by atoms with Gasteiger partial charge in [0.1, 0.15) is 5.82 Å². The van der Waals surface area contributed by atoms with Gasteiger partial charge in [-0.2, -0.15) is 0 Å². The lowest BCUT2D eigenvalue weighted by atomic mass is 10.1. The van der Waals surface area contributed by atoms with E-state index in [1.54, 1.807) is 0 Å². The summed E-state index contributed by atoms with van der Waals surface area (Å²) in [6, 6.07) is 8.29. The second kappa shape index (κ2) is 6.48. The summed E-state index contributed by atoms with van der Waals surface area (Å²) in [5.41, 5.74) is 2.24. The minimum atomic E-state index is 0.989. The monoisotopic (exact) mass is 358 g/mol. The van der Waals surface area contributed by atoms with E-state index in [2.05, 4.69) is 54.5 Å². The van der Waals surface area contributed by atoms with Crippen LogP contribution in [0.25, 0.3) is 10.9 Å². The zero-order valence-electron chi connectivity index (χ0n) is 12.8. The fraction of sp³-hybridized carbons (Fsp3) is 0.294. The van der Waals surface area contributed by atoms with Crippen molar-refractivity contribution in [1.82, 2.24) is 14.5 Å². The van der Waals surface area contributed by atoms with E-state index in [0.717, 1.165) is 35.3 Å². The smallest absolute Gasteiger partial charge is 0.105 e. The van der Waals surface area contributed by atoms with E-state index in [9.17, 15) is 0 Å². The predicted octanol–water partition coefficient (Wildman–Crippen LogP) is 4.03. The molecular weight excluding hydrogens is 340 g/mol. The maximum atomic E-state index is 4.44. The number of halogens is 1. The molecule has 1 aromatic carbocycles. The summed E-state index contributed by atoms with van der Waals surface area (Å²) in [7, 11) is 2.14. The molecular formula is C17H19BrN4. The topological polar surface area (TPSA) is 34.0 Å². The molecule has 0 N–H and O–H groups in total. The van der Waals surface area contributed by atoms with E-state index < -0.39 is 0 Å². The molecule has 0 aliphatic carbocycles. The van der Waals surface area contributed by atoms with Crippen LogP contribution in [-0.4, -0.2) is 28.1 Å². The van der Waals surface area contributed by atoms with E-state index in [1.807, 2.05) is 37.6 Å². The zero-order chi connectivity index (χ0) is 15.5. The van der Waals surface area contributed by atoms with Crippen molar-refractivity contribution in [1.29, 1.82) is 0 Å². The van der Waals surface area contributed by atoms with E-state index in [0.29, 0.717) is 0 Å². The highest BCUT2D eigenvalue weighted by atomic mass is 79.9. The standard InChI is InChI=1S/C17H19BrN4/c1-13-19-8-11-22(13)10-3-9-21(2)17-6-7-20-16-5-4-14(18)12-15(16)17/h4-8,11-12H,3,9-10H2,1-2H3. The summed E-state index contributed by atoms with van der Waals surface area (Å²) in [6.07, 6.45) is 6.84. The Morgan fingerprint density at radius 3 is 2.82 bits per heavy atom. The average Bonchev–Trinajstić information content (AvgIpc) is 2.92. The molecule has 2 aromatic heterocycles. The molecule has 4 nitrogen and oxygen atoms in total. The maximum absolute atomic E-state index is 4.44. The van der Waals surface area contributed by atoms with Crippen LogP contribution in [0, 0.1) is 6.92 Å². The van der Waals surface area contributed by atoms with Crippen LogP contribution in [0.4, 0.5) is 5.69 Å². The van der Waals surface area contributed by atoms with Gasteiger partial charge >= 0.3 is 0 Å². The quantitative estimate of drug-likeness (QED) is 0.690. The van der Waals surface area contributed by atoms with Crippen molar-refractivity contribution in [3.8, 4) is 0 Å². The van der Waals surface area contributed by atoms with Crippen molar-refractivity contribution >= 4 is 32.5 Å². The highest BCUT2D eigenvalue weighted by molar-refractivity contribution is 9.10. The molecule has 0 atom stereocenters. The number of fused-ring (bicyclic) bond motifs is 1. The third-order valence-electron chi connectivity index (χ3n) is 3.91. The average molecular weight is 359 g/mol. The largest absolute Gasteiger partial charge is 0.374 e. The number of imidazole rings is 1. The van der Waals surface area contributed by atoms with Crippen molar-refractivity contribution in [3.63, 3.8) is 0 Å². The Hall–Kier alpha value is -1.88. The van der Waals surface area contributed by atoms with Crippen molar-refractivity contribution in [3.05, 3.63) is 53.2 Å². The van der Waals surface area contributed by atoms with Gasteiger partial charge in [-0.3, -0.25) is 4.98 Å². The van der Waals surface area contributed by atoms with Crippen molar-refractivity contribution < 1.29 is 0 Å². The van der Waals surface area contributed by atoms with Crippen LogP contribution in [0.15, 0.2) is 47.3 Å². The number of aromatic nitrogens is 3. The summed E-state index contributed by atoms with van der Waals surface area (Å²) in [5.74, 6) is 1.07. The van der Waals surface area contributed by atoms with Gasteiger partial charge in [0.2, 0.25) is 0 Å². The molecule has 2 heterocycles. The van der Waals surface area contributed by atoms with Crippen LogP contribution in [0.3, 0.4) is 0 Å². The number of pyridine rings is 1. The number of anilines is 1. The van der Waals surface area contributed by atoms with Gasteiger partial charge in [-0.05, 0) is 37.6 Å². The molecule has 0 aliphatic heterocycles. The molecule has 0 radical (unpaired) electrons. The highest BCUT2D eigenvalue weighted by Gasteiger charge is 2.07. The summed E-state index contributed by atoms with van der Waals surface area (Å²) in [6.45, 7) is 4.02. The van der Waals surface area contributed by atoms with Gasteiger partial charge in [0.15, 0.2) is 0 Å². The second-order valence-electron chi connectivity index (χ2n) is 5.43. The first-order valence-corrected chi connectivity index (χ1v) is 8.17. The molecule has 114 valence electrons.